The van der Waals surface area contributed by atoms with E-state index in [-0.39, 0.29) is 22.7 Å². The summed E-state index contributed by atoms with van der Waals surface area (Å²) in [6.07, 6.45) is 2.10. The van der Waals surface area contributed by atoms with Gasteiger partial charge in [-0.1, -0.05) is 12.8 Å². The predicted molar refractivity (Wildman–Crippen MR) is 72.6 cm³/mol. The second-order valence-electron chi connectivity index (χ2n) is 4.75. The molecule has 1 aromatic rings. The lowest BCUT2D eigenvalue weighted by Crippen LogP contribution is -2.19. The molecule has 2 rings (SSSR count). The monoisotopic (exact) mass is 299 g/mol. The molecule has 0 saturated heterocycles. The van der Waals surface area contributed by atoms with Crippen LogP contribution < -0.4 is 4.74 Å². The van der Waals surface area contributed by atoms with Gasteiger partial charge in [0.1, 0.15) is 5.75 Å². The molecule has 7 heteroatoms. The van der Waals surface area contributed by atoms with Gasteiger partial charge in [-0.05, 0) is 18.9 Å². The predicted octanol–water partition coefficient (Wildman–Crippen LogP) is 3.92. The van der Waals surface area contributed by atoms with E-state index in [9.17, 15) is 14.9 Å². The molecule has 0 heterocycles. The summed E-state index contributed by atoms with van der Waals surface area (Å²) >= 11 is 6.28. The number of nitrogens with zero attached hydrogens (tertiary/aromatic N) is 1. The van der Waals surface area contributed by atoms with Crippen LogP contribution in [0.25, 0.3) is 0 Å². The van der Waals surface area contributed by atoms with Crippen LogP contribution in [0.5, 0.6) is 5.75 Å². The Labute approximate surface area is 120 Å². The molecule has 1 N–H and O–H groups in total. The van der Waals surface area contributed by atoms with Gasteiger partial charge in [-0.25, -0.2) is 4.79 Å². The zero-order chi connectivity index (χ0) is 14.7. The Kier molecular flexibility index (Phi) is 4.44. The third-order valence-electron chi connectivity index (χ3n) is 3.48. The third-order valence-corrected chi connectivity index (χ3v) is 4.00. The van der Waals surface area contributed by atoms with Gasteiger partial charge in [-0.2, -0.15) is 0 Å². The van der Waals surface area contributed by atoms with Gasteiger partial charge in [0.2, 0.25) is 0 Å². The molecule has 1 aliphatic rings. The standard InChI is InChI=1S/C13H14ClNO5/c14-11-4-2-1-3-9(11)10-7-8(15(18)19)5-6-12(10)20-13(16)17/h5-7,9,11H,1-4H2,(H,16,17). The van der Waals surface area contributed by atoms with Crippen molar-refractivity contribution >= 4 is 23.4 Å². The lowest BCUT2D eigenvalue weighted by molar-refractivity contribution is -0.385. The van der Waals surface area contributed by atoms with E-state index >= 15 is 0 Å². The normalized spacial score (nSPS) is 22.2. The SMILES string of the molecule is O=C(O)Oc1ccc([N+](=O)[O-])cc1C1CCCCC1Cl. The van der Waals surface area contributed by atoms with Crippen LogP contribution in [0, 0.1) is 10.1 Å². The summed E-state index contributed by atoms with van der Waals surface area (Å²) in [6.45, 7) is 0. The minimum absolute atomic E-state index is 0.0906. The Balaban J connectivity index is 2.42. The Bertz CT molecular complexity index is 533. The first-order valence-corrected chi connectivity index (χ1v) is 6.76. The molecule has 1 aliphatic carbocycles. The zero-order valence-corrected chi connectivity index (χ0v) is 11.4. The number of carboxylic acid groups (broad SMARTS) is 1. The second-order valence-corrected chi connectivity index (χ2v) is 5.31. The lowest BCUT2D eigenvalue weighted by atomic mass is 9.83. The highest BCUT2D eigenvalue weighted by Crippen LogP contribution is 2.41. The van der Waals surface area contributed by atoms with Crippen LogP contribution in [0.2, 0.25) is 0 Å². The van der Waals surface area contributed by atoms with E-state index in [1.165, 1.54) is 18.2 Å². The zero-order valence-electron chi connectivity index (χ0n) is 10.6. The number of hydrogen-bond acceptors (Lipinski definition) is 4. The summed E-state index contributed by atoms with van der Waals surface area (Å²) in [5.74, 6) is 0.000293. The topological polar surface area (TPSA) is 89.7 Å². The molecular weight excluding hydrogens is 286 g/mol. The number of nitro groups is 1. The number of benzene rings is 1. The first kappa shape index (κ1) is 14.6. The molecule has 0 bridgehead atoms. The van der Waals surface area contributed by atoms with Crippen molar-refractivity contribution < 1.29 is 19.6 Å². The first-order valence-electron chi connectivity index (χ1n) is 6.32. The van der Waals surface area contributed by atoms with Crippen LogP contribution in [0.15, 0.2) is 18.2 Å². The van der Waals surface area contributed by atoms with Crippen molar-refractivity contribution in [1.29, 1.82) is 0 Å². The maximum atomic E-state index is 10.9. The Morgan fingerprint density at radius 1 is 1.40 bits per heavy atom. The summed E-state index contributed by atoms with van der Waals surface area (Å²) in [5.41, 5.74) is 0.411. The minimum Gasteiger partial charge on any atom is -0.449 e. The number of rotatable bonds is 3. The van der Waals surface area contributed by atoms with E-state index < -0.39 is 11.1 Å². The average molecular weight is 300 g/mol. The van der Waals surface area contributed by atoms with Crippen LogP contribution in [0.4, 0.5) is 10.5 Å². The molecule has 1 saturated carbocycles. The number of ether oxygens (including phenoxy) is 1. The number of carbonyl (C=O) groups is 1. The van der Waals surface area contributed by atoms with Crippen molar-refractivity contribution in [3.63, 3.8) is 0 Å². The van der Waals surface area contributed by atoms with Crippen molar-refractivity contribution in [2.75, 3.05) is 0 Å². The molecule has 1 aromatic carbocycles. The molecule has 6 nitrogen and oxygen atoms in total. The highest BCUT2D eigenvalue weighted by Gasteiger charge is 2.29. The van der Waals surface area contributed by atoms with Gasteiger partial charge in [0.25, 0.3) is 5.69 Å². The van der Waals surface area contributed by atoms with Gasteiger partial charge in [-0.3, -0.25) is 10.1 Å². The molecule has 108 valence electrons. The van der Waals surface area contributed by atoms with E-state index in [1.807, 2.05) is 0 Å². The van der Waals surface area contributed by atoms with Crippen molar-refractivity contribution in [2.24, 2.45) is 0 Å². The molecule has 0 aliphatic heterocycles. The molecule has 0 radical (unpaired) electrons. The average Bonchev–Trinajstić information content (AvgIpc) is 2.39. The quantitative estimate of drug-likeness (QED) is 0.300. The van der Waals surface area contributed by atoms with E-state index in [0.717, 1.165) is 25.7 Å². The maximum Gasteiger partial charge on any atom is 0.511 e. The lowest BCUT2D eigenvalue weighted by Gasteiger charge is -2.28. The molecule has 20 heavy (non-hydrogen) atoms. The molecule has 2 unspecified atom stereocenters. The summed E-state index contributed by atoms with van der Waals surface area (Å²) in [5, 5.41) is 19.4. The van der Waals surface area contributed by atoms with E-state index in [4.69, 9.17) is 21.4 Å². The van der Waals surface area contributed by atoms with E-state index in [0.29, 0.717) is 5.56 Å². The second kappa shape index (κ2) is 6.09. The van der Waals surface area contributed by atoms with Crippen LogP contribution in [-0.2, 0) is 0 Å². The Hall–Kier alpha value is -1.82. The van der Waals surface area contributed by atoms with Crippen molar-refractivity contribution in [3.05, 3.63) is 33.9 Å². The maximum absolute atomic E-state index is 10.9. The Morgan fingerprint density at radius 3 is 2.70 bits per heavy atom. The molecule has 2 atom stereocenters. The molecule has 0 spiro atoms. The summed E-state index contributed by atoms with van der Waals surface area (Å²) in [4.78, 5) is 21.1. The van der Waals surface area contributed by atoms with Crippen LogP contribution in [0.1, 0.15) is 37.2 Å². The summed E-state index contributed by atoms with van der Waals surface area (Å²) in [7, 11) is 0. The molecule has 0 aromatic heterocycles. The van der Waals surface area contributed by atoms with Gasteiger partial charge < -0.3 is 9.84 Å². The third kappa shape index (κ3) is 3.19. The first-order chi connectivity index (χ1) is 9.49. The van der Waals surface area contributed by atoms with Crippen LogP contribution in [-0.4, -0.2) is 21.6 Å². The molecular formula is C13H14ClNO5. The number of nitro benzene ring substituents is 1. The number of hydrogen-bond donors (Lipinski definition) is 1. The van der Waals surface area contributed by atoms with E-state index in [2.05, 4.69) is 0 Å². The van der Waals surface area contributed by atoms with Gasteiger partial charge in [0.15, 0.2) is 0 Å². The van der Waals surface area contributed by atoms with Crippen molar-refractivity contribution in [1.82, 2.24) is 0 Å². The highest BCUT2D eigenvalue weighted by molar-refractivity contribution is 6.21. The number of halogens is 1. The fourth-order valence-electron chi connectivity index (χ4n) is 2.56. The van der Waals surface area contributed by atoms with Crippen molar-refractivity contribution in [3.8, 4) is 5.75 Å². The van der Waals surface area contributed by atoms with Gasteiger partial charge in [0, 0.05) is 29.0 Å². The van der Waals surface area contributed by atoms with Crippen LogP contribution in [0.3, 0.4) is 0 Å². The fourth-order valence-corrected chi connectivity index (χ4v) is 2.98. The van der Waals surface area contributed by atoms with Crippen molar-refractivity contribution in [2.45, 2.75) is 37.0 Å². The minimum atomic E-state index is -1.44. The number of non-ortho nitro benzene ring substituents is 1. The highest BCUT2D eigenvalue weighted by atomic mass is 35.5. The molecule has 1 fully saturated rings. The van der Waals surface area contributed by atoms with Gasteiger partial charge in [-0.15, -0.1) is 11.6 Å². The van der Waals surface area contributed by atoms with Gasteiger partial charge >= 0.3 is 6.16 Å². The molecule has 0 amide bonds. The van der Waals surface area contributed by atoms with Crippen LogP contribution >= 0.6 is 11.6 Å². The fraction of sp³-hybridized carbons (Fsp3) is 0.462. The largest absolute Gasteiger partial charge is 0.511 e. The smallest absolute Gasteiger partial charge is 0.449 e. The number of alkyl halides is 1. The Morgan fingerprint density at radius 2 is 2.10 bits per heavy atom. The van der Waals surface area contributed by atoms with Gasteiger partial charge in [0.05, 0.1) is 4.92 Å². The van der Waals surface area contributed by atoms with E-state index in [1.54, 1.807) is 0 Å². The summed E-state index contributed by atoms with van der Waals surface area (Å²) < 4.78 is 4.72. The summed E-state index contributed by atoms with van der Waals surface area (Å²) in [6, 6.07) is 3.91.